The first-order chi connectivity index (χ1) is 15.7. The number of fused-ring (bicyclic) bond motifs is 2. The standard InChI is InChI=1S/C20H20FN7O3S2/c1-33(30,31)28-11-20(14-8-13(21)2-3-16(14)28)4-6-27(7-5-20)19(29)25-17-10-22-15(9-23-17)18-26-24-12-32-18/h2-3,8-10,12H,4-7,11H2,1H3,(H,23,25,29). The zero-order valence-electron chi connectivity index (χ0n) is 17.6. The maximum Gasteiger partial charge on any atom is 0.323 e. The number of aromatic nitrogens is 4. The van der Waals surface area contributed by atoms with Crippen molar-refractivity contribution in [2.45, 2.75) is 18.3 Å². The van der Waals surface area contributed by atoms with E-state index < -0.39 is 21.3 Å². The summed E-state index contributed by atoms with van der Waals surface area (Å²) >= 11 is 1.34. The molecule has 0 radical (unpaired) electrons. The summed E-state index contributed by atoms with van der Waals surface area (Å²) in [6, 6.07) is 3.89. The van der Waals surface area contributed by atoms with E-state index in [1.807, 2.05) is 0 Å². The number of carbonyl (C=O) groups excluding carboxylic acids is 1. The third-order valence-corrected chi connectivity index (χ3v) is 7.96. The van der Waals surface area contributed by atoms with Gasteiger partial charge in [-0.25, -0.2) is 27.6 Å². The van der Waals surface area contributed by atoms with Crippen molar-refractivity contribution in [3.05, 3.63) is 47.5 Å². The molecule has 13 heteroatoms. The first kappa shape index (κ1) is 21.6. The molecule has 1 N–H and O–H groups in total. The van der Waals surface area contributed by atoms with Crippen molar-refractivity contribution in [3.63, 3.8) is 0 Å². The number of hydrogen-bond donors (Lipinski definition) is 1. The molecule has 1 spiro atoms. The fraction of sp³-hybridized carbons (Fsp3) is 0.350. The van der Waals surface area contributed by atoms with Gasteiger partial charge in [-0.05, 0) is 36.6 Å². The van der Waals surface area contributed by atoms with Gasteiger partial charge in [0.05, 0.1) is 24.3 Å². The van der Waals surface area contributed by atoms with E-state index in [9.17, 15) is 17.6 Å². The van der Waals surface area contributed by atoms with Crippen LogP contribution in [0.1, 0.15) is 18.4 Å². The molecule has 1 saturated heterocycles. The second-order valence-corrected chi connectivity index (χ2v) is 10.9. The van der Waals surface area contributed by atoms with Gasteiger partial charge in [0, 0.05) is 25.0 Å². The minimum Gasteiger partial charge on any atom is -0.324 e. The topological polar surface area (TPSA) is 121 Å². The normalized spacial score (nSPS) is 17.3. The second kappa shape index (κ2) is 7.99. The number of rotatable bonds is 3. The quantitative estimate of drug-likeness (QED) is 0.600. The van der Waals surface area contributed by atoms with Gasteiger partial charge in [0.25, 0.3) is 0 Å². The highest BCUT2D eigenvalue weighted by atomic mass is 32.2. The van der Waals surface area contributed by atoms with Crippen LogP contribution in [0.25, 0.3) is 10.7 Å². The van der Waals surface area contributed by atoms with Gasteiger partial charge in [0.2, 0.25) is 10.0 Å². The Morgan fingerprint density at radius 2 is 2.00 bits per heavy atom. The molecule has 1 aromatic carbocycles. The predicted octanol–water partition coefficient (Wildman–Crippen LogP) is 2.48. The molecular formula is C20H20FN7O3S2. The molecule has 0 saturated carbocycles. The summed E-state index contributed by atoms with van der Waals surface area (Å²) in [4.78, 5) is 22.9. The van der Waals surface area contributed by atoms with Crippen molar-refractivity contribution in [3.8, 4) is 10.7 Å². The molecule has 2 aliphatic heterocycles. The number of halogens is 1. The van der Waals surface area contributed by atoms with Gasteiger partial charge < -0.3 is 4.90 Å². The summed E-state index contributed by atoms with van der Waals surface area (Å²) in [6.07, 6.45) is 5.17. The van der Waals surface area contributed by atoms with E-state index in [1.54, 1.807) is 10.4 Å². The summed E-state index contributed by atoms with van der Waals surface area (Å²) in [6.45, 7) is 1.05. The predicted molar refractivity (Wildman–Crippen MR) is 121 cm³/mol. The fourth-order valence-electron chi connectivity index (χ4n) is 4.43. The summed E-state index contributed by atoms with van der Waals surface area (Å²) in [5.41, 5.74) is 2.84. The molecule has 0 unspecified atom stereocenters. The van der Waals surface area contributed by atoms with E-state index in [0.717, 1.165) is 6.26 Å². The van der Waals surface area contributed by atoms with Crippen molar-refractivity contribution in [2.75, 3.05) is 35.5 Å². The van der Waals surface area contributed by atoms with Crippen molar-refractivity contribution in [1.82, 2.24) is 25.1 Å². The smallest absolute Gasteiger partial charge is 0.323 e. The number of sulfonamides is 1. The Labute approximate surface area is 193 Å². The van der Waals surface area contributed by atoms with Crippen molar-refractivity contribution in [1.29, 1.82) is 0 Å². The van der Waals surface area contributed by atoms with Crippen LogP contribution in [0.3, 0.4) is 0 Å². The minimum atomic E-state index is -3.50. The van der Waals surface area contributed by atoms with E-state index in [2.05, 4.69) is 25.5 Å². The van der Waals surface area contributed by atoms with Gasteiger partial charge in [-0.1, -0.05) is 11.3 Å². The number of piperidine rings is 1. The van der Waals surface area contributed by atoms with Gasteiger partial charge in [-0.2, -0.15) is 0 Å². The Morgan fingerprint density at radius 3 is 2.64 bits per heavy atom. The zero-order chi connectivity index (χ0) is 23.2. The average Bonchev–Trinajstić information content (AvgIpc) is 3.42. The Kier molecular flexibility index (Phi) is 5.24. The molecule has 2 amide bonds. The summed E-state index contributed by atoms with van der Waals surface area (Å²) in [5.74, 6) is -0.0933. The Bertz CT molecular complexity index is 1290. The van der Waals surface area contributed by atoms with Gasteiger partial charge in [-0.15, -0.1) is 10.2 Å². The van der Waals surface area contributed by atoms with Crippen LogP contribution < -0.4 is 9.62 Å². The van der Waals surface area contributed by atoms with Crippen LogP contribution >= 0.6 is 11.3 Å². The highest BCUT2D eigenvalue weighted by Gasteiger charge is 2.47. The molecule has 172 valence electrons. The number of likely N-dealkylation sites (tertiary alicyclic amines) is 1. The van der Waals surface area contributed by atoms with Crippen molar-refractivity contribution in [2.24, 2.45) is 0 Å². The number of amides is 2. The third kappa shape index (κ3) is 4.02. The van der Waals surface area contributed by atoms with Crippen LogP contribution in [0.2, 0.25) is 0 Å². The van der Waals surface area contributed by atoms with Crippen LogP contribution in [-0.2, 0) is 15.4 Å². The number of urea groups is 1. The number of anilines is 2. The Hall–Kier alpha value is -3.19. The van der Waals surface area contributed by atoms with E-state index in [1.165, 1.54) is 46.2 Å². The third-order valence-electron chi connectivity index (χ3n) is 6.12. The lowest BCUT2D eigenvalue weighted by Crippen LogP contribution is -2.48. The zero-order valence-corrected chi connectivity index (χ0v) is 19.2. The number of nitrogens with zero attached hydrogens (tertiary/aromatic N) is 6. The van der Waals surface area contributed by atoms with E-state index in [4.69, 9.17) is 0 Å². The van der Waals surface area contributed by atoms with Crippen molar-refractivity contribution < 1.29 is 17.6 Å². The molecule has 3 aromatic rings. The minimum absolute atomic E-state index is 0.249. The first-order valence-electron chi connectivity index (χ1n) is 10.2. The molecule has 0 aliphatic carbocycles. The SMILES string of the molecule is CS(=O)(=O)N1CC2(CCN(C(=O)Nc3cnc(-c4nncs4)cn3)CC2)c2cc(F)ccc21. The molecule has 33 heavy (non-hydrogen) atoms. The molecule has 10 nitrogen and oxygen atoms in total. The Balaban J connectivity index is 1.28. The van der Waals surface area contributed by atoms with Gasteiger partial charge in [-0.3, -0.25) is 9.62 Å². The lowest BCUT2D eigenvalue weighted by molar-refractivity contribution is 0.173. The van der Waals surface area contributed by atoms with Crippen LogP contribution in [0.15, 0.2) is 36.1 Å². The molecule has 5 rings (SSSR count). The number of carbonyl (C=O) groups is 1. The van der Waals surface area contributed by atoms with Crippen LogP contribution in [0.5, 0.6) is 0 Å². The molecule has 4 heterocycles. The van der Waals surface area contributed by atoms with Crippen molar-refractivity contribution >= 4 is 38.9 Å². The number of hydrogen-bond acceptors (Lipinski definition) is 8. The molecule has 1 fully saturated rings. The van der Waals surface area contributed by atoms with E-state index >= 15 is 0 Å². The van der Waals surface area contributed by atoms with Crippen LogP contribution in [0.4, 0.5) is 20.7 Å². The number of benzene rings is 1. The maximum absolute atomic E-state index is 14.0. The summed E-state index contributed by atoms with van der Waals surface area (Å²) < 4.78 is 40.0. The average molecular weight is 490 g/mol. The second-order valence-electron chi connectivity index (χ2n) is 8.16. The van der Waals surface area contributed by atoms with E-state index in [0.29, 0.717) is 53.7 Å². The molecule has 2 aromatic heterocycles. The first-order valence-corrected chi connectivity index (χ1v) is 12.9. The molecular weight excluding hydrogens is 469 g/mol. The lowest BCUT2D eigenvalue weighted by Gasteiger charge is -2.39. The van der Waals surface area contributed by atoms with Crippen LogP contribution in [0, 0.1) is 5.82 Å². The lowest BCUT2D eigenvalue weighted by atomic mass is 9.74. The molecule has 2 aliphatic rings. The molecule has 0 atom stereocenters. The summed E-state index contributed by atoms with van der Waals surface area (Å²) in [7, 11) is -3.50. The number of nitrogens with one attached hydrogen (secondary N) is 1. The van der Waals surface area contributed by atoms with E-state index in [-0.39, 0.29) is 12.6 Å². The van der Waals surface area contributed by atoms with Crippen LogP contribution in [-0.4, -0.2) is 65.4 Å². The van der Waals surface area contributed by atoms with Gasteiger partial charge >= 0.3 is 6.03 Å². The largest absolute Gasteiger partial charge is 0.324 e. The fourth-order valence-corrected chi connectivity index (χ4v) is 5.95. The summed E-state index contributed by atoms with van der Waals surface area (Å²) in [5, 5.41) is 11.1. The van der Waals surface area contributed by atoms with Gasteiger partial charge in [0.15, 0.2) is 10.8 Å². The van der Waals surface area contributed by atoms with Gasteiger partial charge in [0.1, 0.15) is 17.0 Å². The Morgan fingerprint density at radius 1 is 1.21 bits per heavy atom. The maximum atomic E-state index is 14.0. The molecule has 0 bridgehead atoms. The highest BCUT2D eigenvalue weighted by Crippen LogP contribution is 2.48. The highest BCUT2D eigenvalue weighted by molar-refractivity contribution is 7.92. The monoisotopic (exact) mass is 489 g/mol.